The summed E-state index contributed by atoms with van der Waals surface area (Å²) in [6, 6.07) is 8.20. The average Bonchev–Trinajstić information content (AvgIpc) is 2.67. The van der Waals surface area contributed by atoms with Crippen molar-refractivity contribution in [2.75, 3.05) is 5.75 Å². The predicted octanol–water partition coefficient (Wildman–Crippen LogP) is 3.67. The number of benzene rings is 1. The molecule has 0 bridgehead atoms. The van der Waals surface area contributed by atoms with E-state index in [1.165, 1.54) is 11.8 Å². The molecule has 0 aliphatic carbocycles. The number of carbonyl (C=O) groups is 1. The number of allylic oxidation sites excluding steroid dienone is 1. The third-order valence-electron chi connectivity index (χ3n) is 4.34. The van der Waals surface area contributed by atoms with Gasteiger partial charge in [-0.25, -0.2) is 0 Å². The molecule has 2 rings (SSSR count). The van der Waals surface area contributed by atoms with Gasteiger partial charge in [0.1, 0.15) is 0 Å². The molecule has 0 amide bonds. The largest absolute Gasteiger partial charge is 0.494 e. The molecule has 1 aromatic rings. The van der Waals surface area contributed by atoms with E-state index in [2.05, 4.69) is 52.0 Å². The fraction of sp³-hybridized carbons (Fsp3) is 0.500. The Morgan fingerprint density at radius 2 is 1.87 bits per heavy atom. The van der Waals surface area contributed by atoms with Crippen molar-refractivity contribution in [2.24, 2.45) is 0 Å². The van der Waals surface area contributed by atoms with Crippen molar-refractivity contribution in [1.29, 1.82) is 0 Å². The molecule has 0 spiro atoms. The highest BCUT2D eigenvalue weighted by Gasteiger charge is 2.51. The van der Waals surface area contributed by atoms with Crippen molar-refractivity contribution in [1.82, 2.24) is 0 Å². The van der Waals surface area contributed by atoms with E-state index < -0.39 is 0 Å². The van der Waals surface area contributed by atoms with Gasteiger partial charge in [-0.15, -0.1) is 0 Å². The maximum atomic E-state index is 10.9. The zero-order valence-electron chi connectivity index (χ0n) is 14.6. The number of thioether (sulfide) groups is 1. The molecule has 0 aromatic heterocycles. The molecule has 23 heavy (non-hydrogen) atoms. The first-order valence-electron chi connectivity index (χ1n) is 7.97. The lowest BCUT2D eigenvalue weighted by atomic mass is 9.78. The van der Waals surface area contributed by atoms with Crippen LogP contribution in [0.1, 0.15) is 46.6 Å². The Hall–Kier alpha value is -1.04. The quantitative estimate of drug-likeness (QED) is 0.609. The molecule has 0 radical (unpaired) electrons. The van der Waals surface area contributed by atoms with Gasteiger partial charge in [-0.1, -0.05) is 48.2 Å². The molecular weight excluding hydrogens is 307 g/mol. The minimum Gasteiger partial charge on any atom is -0.399 e. The Bertz CT molecular complexity index is 580. The molecule has 1 saturated heterocycles. The van der Waals surface area contributed by atoms with Crippen LogP contribution in [0.4, 0.5) is 0 Å². The van der Waals surface area contributed by atoms with Gasteiger partial charge in [0, 0.05) is 12.7 Å². The first kappa shape index (κ1) is 18.3. The normalized spacial score (nSPS) is 19.4. The predicted molar refractivity (Wildman–Crippen MR) is 98.9 cm³/mol. The molecule has 1 aromatic carbocycles. The Morgan fingerprint density at radius 3 is 2.48 bits per heavy atom. The summed E-state index contributed by atoms with van der Waals surface area (Å²) in [4.78, 5) is 10.9. The van der Waals surface area contributed by atoms with Crippen molar-refractivity contribution < 1.29 is 14.1 Å². The standard InChI is InChI=1S/C18H25BO3S/c1-14(20)23-12-7-6-9-15-10-8-11-16(13-15)19-21-17(2,3)18(4,5)22-19/h6,8-11,13H,7,12H2,1-5H3. The topological polar surface area (TPSA) is 35.5 Å². The van der Waals surface area contributed by atoms with Crippen LogP contribution >= 0.6 is 11.8 Å². The van der Waals surface area contributed by atoms with E-state index in [1.807, 2.05) is 12.1 Å². The second-order valence-electron chi connectivity index (χ2n) is 6.79. The van der Waals surface area contributed by atoms with E-state index in [1.54, 1.807) is 6.92 Å². The van der Waals surface area contributed by atoms with Gasteiger partial charge in [0.15, 0.2) is 5.12 Å². The minimum atomic E-state index is -0.332. The van der Waals surface area contributed by atoms with Gasteiger partial charge in [0.25, 0.3) is 0 Å². The first-order chi connectivity index (χ1) is 10.7. The van der Waals surface area contributed by atoms with Crippen molar-refractivity contribution >= 4 is 35.5 Å². The van der Waals surface area contributed by atoms with Crippen LogP contribution in [0.2, 0.25) is 0 Å². The van der Waals surface area contributed by atoms with E-state index in [0.717, 1.165) is 23.2 Å². The Balaban J connectivity index is 2.01. The lowest BCUT2D eigenvalue weighted by Gasteiger charge is -2.32. The number of hydrogen-bond acceptors (Lipinski definition) is 4. The number of hydrogen-bond donors (Lipinski definition) is 0. The highest BCUT2D eigenvalue weighted by molar-refractivity contribution is 8.13. The molecule has 0 unspecified atom stereocenters. The van der Waals surface area contributed by atoms with E-state index in [0.29, 0.717) is 0 Å². The number of rotatable bonds is 5. The summed E-state index contributed by atoms with van der Waals surface area (Å²) in [5, 5.41) is 0.168. The minimum absolute atomic E-state index is 0.168. The zero-order chi connectivity index (χ0) is 17.1. The second kappa shape index (κ2) is 7.24. The van der Waals surface area contributed by atoms with Gasteiger partial charge >= 0.3 is 7.12 Å². The van der Waals surface area contributed by atoms with Gasteiger partial charge < -0.3 is 9.31 Å². The van der Waals surface area contributed by atoms with Crippen LogP contribution in [0.15, 0.2) is 30.3 Å². The maximum Gasteiger partial charge on any atom is 0.494 e. The van der Waals surface area contributed by atoms with Gasteiger partial charge in [0.05, 0.1) is 11.2 Å². The molecule has 1 aliphatic heterocycles. The lowest BCUT2D eigenvalue weighted by Crippen LogP contribution is -2.41. The highest BCUT2D eigenvalue weighted by atomic mass is 32.2. The maximum absolute atomic E-state index is 10.9. The summed E-state index contributed by atoms with van der Waals surface area (Å²) in [5.41, 5.74) is 1.50. The smallest absolute Gasteiger partial charge is 0.399 e. The molecule has 1 aliphatic rings. The summed E-state index contributed by atoms with van der Waals surface area (Å²) in [7, 11) is -0.332. The third kappa shape index (κ3) is 4.72. The van der Waals surface area contributed by atoms with Crippen LogP contribution in [0.3, 0.4) is 0 Å². The Morgan fingerprint density at radius 1 is 1.22 bits per heavy atom. The fourth-order valence-corrected chi connectivity index (χ4v) is 2.82. The molecule has 1 fully saturated rings. The SMILES string of the molecule is CC(=O)SCCC=Cc1cccc(B2OC(C)(C)C(C)(C)O2)c1. The molecular formula is C18H25BO3S. The van der Waals surface area contributed by atoms with Gasteiger partial charge in [-0.3, -0.25) is 4.79 Å². The van der Waals surface area contributed by atoms with Crippen LogP contribution in [-0.2, 0) is 14.1 Å². The lowest BCUT2D eigenvalue weighted by molar-refractivity contribution is -0.109. The van der Waals surface area contributed by atoms with Crippen LogP contribution in [0.5, 0.6) is 0 Å². The highest BCUT2D eigenvalue weighted by Crippen LogP contribution is 2.36. The fourth-order valence-electron chi connectivity index (χ4n) is 2.28. The molecule has 0 atom stereocenters. The van der Waals surface area contributed by atoms with E-state index in [-0.39, 0.29) is 23.4 Å². The van der Waals surface area contributed by atoms with E-state index >= 15 is 0 Å². The molecule has 124 valence electrons. The summed E-state index contributed by atoms with van der Waals surface area (Å²) in [6.07, 6.45) is 5.06. The summed E-state index contributed by atoms with van der Waals surface area (Å²) in [5.74, 6) is 0.822. The summed E-state index contributed by atoms with van der Waals surface area (Å²) >= 11 is 1.36. The van der Waals surface area contributed by atoms with Crippen molar-refractivity contribution in [3.8, 4) is 0 Å². The monoisotopic (exact) mass is 332 g/mol. The zero-order valence-corrected chi connectivity index (χ0v) is 15.4. The molecule has 0 N–H and O–H groups in total. The van der Waals surface area contributed by atoms with Crippen LogP contribution in [0.25, 0.3) is 6.08 Å². The average molecular weight is 332 g/mol. The van der Waals surface area contributed by atoms with E-state index in [9.17, 15) is 4.79 Å². The first-order valence-corrected chi connectivity index (χ1v) is 8.95. The van der Waals surface area contributed by atoms with Crippen molar-refractivity contribution in [3.63, 3.8) is 0 Å². The van der Waals surface area contributed by atoms with Crippen LogP contribution in [-0.4, -0.2) is 29.2 Å². The molecule has 1 heterocycles. The second-order valence-corrected chi connectivity index (χ2v) is 8.06. The Kier molecular flexibility index (Phi) is 5.77. The Labute approximate surface area is 144 Å². The summed E-state index contributed by atoms with van der Waals surface area (Å²) < 4.78 is 12.2. The van der Waals surface area contributed by atoms with Crippen LogP contribution in [0, 0.1) is 0 Å². The molecule has 3 nitrogen and oxygen atoms in total. The third-order valence-corrected chi connectivity index (χ3v) is 5.18. The summed E-state index contributed by atoms with van der Waals surface area (Å²) in [6.45, 7) is 9.84. The van der Waals surface area contributed by atoms with Gasteiger partial charge in [-0.05, 0) is 45.1 Å². The van der Waals surface area contributed by atoms with Crippen molar-refractivity contribution in [2.45, 2.75) is 52.2 Å². The molecule has 5 heteroatoms. The number of carbonyl (C=O) groups excluding carboxylic acids is 1. The molecule has 0 saturated carbocycles. The van der Waals surface area contributed by atoms with Gasteiger partial charge in [-0.2, -0.15) is 0 Å². The van der Waals surface area contributed by atoms with Crippen molar-refractivity contribution in [3.05, 3.63) is 35.9 Å². The van der Waals surface area contributed by atoms with Gasteiger partial charge in [0.2, 0.25) is 0 Å². The van der Waals surface area contributed by atoms with Crippen LogP contribution < -0.4 is 5.46 Å². The van der Waals surface area contributed by atoms with E-state index in [4.69, 9.17) is 9.31 Å².